The molecule has 0 radical (unpaired) electrons. The molecule has 0 saturated heterocycles. The van der Waals surface area contributed by atoms with E-state index in [0.717, 1.165) is 6.07 Å². The van der Waals surface area contributed by atoms with Crippen molar-refractivity contribution in [2.45, 2.75) is 0 Å². The number of nitro benzene ring substituents is 1. The number of hydrogen-bond acceptors (Lipinski definition) is 5. The first-order chi connectivity index (χ1) is 9.49. The van der Waals surface area contributed by atoms with Crippen LogP contribution in [0, 0.1) is 10.1 Å². The van der Waals surface area contributed by atoms with Crippen molar-refractivity contribution in [2.24, 2.45) is 0 Å². The van der Waals surface area contributed by atoms with Gasteiger partial charge >= 0.3 is 5.63 Å². The minimum atomic E-state index is -0.682. The summed E-state index contributed by atoms with van der Waals surface area (Å²) in [5.41, 5.74) is -0.673. The van der Waals surface area contributed by atoms with E-state index in [1.807, 2.05) is 0 Å². The zero-order chi connectivity index (χ0) is 14.4. The summed E-state index contributed by atoms with van der Waals surface area (Å²) < 4.78 is 5.53. The molecule has 1 N–H and O–H groups in total. The highest BCUT2D eigenvalue weighted by Crippen LogP contribution is 2.36. The Bertz CT molecular complexity index is 931. The molecule has 2 aromatic carbocycles. The molecule has 7 heteroatoms. The lowest BCUT2D eigenvalue weighted by atomic mass is 10.1. The molecular weight excluding hydrogens is 330 g/mol. The largest absolute Gasteiger partial charge is 0.506 e. The molecule has 0 aliphatic carbocycles. The van der Waals surface area contributed by atoms with Gasteiger partial charge < -0.3 is 9.52 Å². The van der Waals surface area contributed by atoms with Gasteiger partial charge in [0.05, 0.1) is 20.2 Å². The van der Waals surface area contributed by atoms with Gasteiger partial charge in [-0.05, 0) is 34.1 Å². The van der Waals surface area contributed by atoms with Crippen molar-refractivity contribution >= 4 is 43.4 Å². The highest BCUT2D eigenvalue weighted by atomic mass is 79.9. The number of hydrogen-bond donors (Lipinski definition) is 1. The van der Waals surface area contributed by atoms with Gasteiger partial charge in [0.25, 0.3) is 5.69 Å². The number of non-ortho nitro benzene ring substituents is 1. The topological polar surface area (TPSA) is 93.6 Å². The molecule has 6 nitrogen and oxygen atoms in total. The average molecular weight is 336 g/mol. The summed E-state index contributed by atoms with van der Waals surface area (Å²) in [6.07, 6.45) is 0. The van der Waals surface area contributed by atoms with E-state index >= 15 is 0 Å². The minimum absolute atomic E-state index is 0.0556. The lowest BCUT2D eigenvalue weighted by Gasteiger charge is -2.05. The number of halogens is 1. The molecule has 0 fully saturated rings. The zero-order valence-corrected chi connectivity index (χ0v) is 11.4. The van der Waals surface area contributed by atoms with Crippen molar-refractivity contribution in [2.75, 3.05) is 0 Å². The maximum atomic E-state index is 11.9. The van der Waals surface area contributed by atoms with Crippen LogP contribution >= 0.6 is 15.9 Å². The molecule has 0 bridgehead atoms. The van der Waals surface area contributed by atoms with Gasteiger partial charge in [0, 0.05) is 17.5 Å². The second-order valence-electron chi connectivity index (χ2n) is 4.15. The fourth-order valence-corrected chi connectivity index (χ4v) is 2.41. The molecule has 0 amide bonds. The van der Waals surface area contributed by atoms with Crippen molar-refractivity contribution < 1.29 is 14.4 Å². The Hall–Kier alpha value is -2.41. The predicted molar refractivity (Wildman–Crippen MR) is 76.0 cm³/mol. The first kappa shape index (κ1) is 12.6. The quantitative estimate of drug-likeness (QED) is 0.318. The van der Waals surface area contributed by atoms with E-state index in [1.165, 1.54) is 12.1 Å². The number of phenolic OH excluding ortho intramolecular Hbond substituents is 1. The van der Waals surface area contributed by atoms with E-state index in [-0.39, 0.29) is 22.4 Å². The summed E-state index contributed by atoms with van der Waals surface area (Å²) >= 11 is 3.18. The molecule has 20 heavy (non-hydrogen) atoms. The highest BCUT2D eigenvalue weighted by Gasteiger charge is 2.16. The van der Waals surface area contributed by atoms with Gasteiger partial charge in [-0.15, -0.1) is 0 Å². The van der Waals surface area contributed by atoms with E-state index in [0.29, 0.717) is 15.2 Å². The van der Waals surface area contributed by atoms with Crippen LogP contribution in [0.4, 0.5) is 5.69 Å². The Labute approximate surface area is 119 Å². The van der Waals surface area contributed by atoms with E-state index in [9.17, 15) is 20.0 Å². The summed E-state index contributed by atoms with van der Waals surface area (Å²) in [5, 5.41) is 21.6. The summed E-state index contributed by atoms with van der Waals surface area (Å²) in [4.78, 5) is 22.0. The van der Waals surface area contributed by atoms with Crippen LogP contribution in [0.25, 0.3) is 21.7 Å². The molecule has 100 valence electrons. The normalized spacial score (nSPS) is 11.1. The van der Waals surface area contributed by atoms with Gasteiger partial charge in [-0.1, -0.05) is 0 Å². The standard InChI is InChI=1S/C13H6BrNO5/c14-9-3-4-10-11(12(9)16)7-2-1-6(15(18)19)5-8(7)13(17)20-10/h1-5,16H. The molecule has 0 saturated carbocycles. The van der Waals surface area contributed by atoms with Crippen molar-refractivity contribution in [1.29, 1.82) is 0 Å². The van der Waals surface area contributed by atoms with E-state index in [2.05, 4.69) is 15.9 Å². The number of nitrogens with zero attached hydrogens (tertiary/aromatic N) is 1. The van der Waals surface area contributed by atoms with Crippen LogP contribution in [0.15, 0.2) is 44.0 Å². The first-order valence-corrected chi connectivity index (χ1v) is 6.31. The SMILES string of the molecule is O=c1oc2ccc(Br)c(O)c2c2ccc([N+](=O)[O-])cc12. The summed E-state index contributed by atoms with van der Waals surface area (Å²) in [7, 11) is 0. The first-order valence-electron chi connectivity index (χ1n) is 5.51. The van der Waals surface area contributed by atoms with Crippen LogP contribution in [0.3, 0.4) is 0 Å². The van der Waals surface area contributed by atoms with Gasteiger partial charge in [0.1, 0.15) is 11.3 Å². The monoisotopic (exact) mass is 335 g/mol. The van der Waals surface area contributed by atoms with Crippen LogP contribution in [0.2, 0.25) is 0 Å². The third-order valence-electron chi connectivity index (χ3n) is 3.00. The van der Waals surface area contributed by atoms with Crippen LogP contribution < -0.4 is 5.63 Å². The molecule has 1 heterocycles. The van der Waals surface area contributed by atoms with E-state index in [4.69, 9.17) is 4.42 Å². The minimum Gasteiger partial charge on any atom is -0.506 e. The van der Waals surface area contributed by atoms with Crippen molar-refractivity contribution in [3.05, 3.63) is 55.3 Å². The lowest BCUT2D eigenvalue weighted by molar-refractivity contribution is -0.384. The molecule has 3 rings (SSSR count). The molecule has 0 atom stereocenters. The van der Waals surface area contributed by atoms with Gasteiger partial charge in [0.2, 0.25) is 0 Å². The van der Waals surface area contributed by atoms with Crippen molar-refractivity contribution in [3.63, 3.8) is 0 Å². The Kier molecular flexibility index (Phi) is 2.72. The van der Waals surface area contributed by atoms with Crippen molar-refractivity contribution in [3.8, 4) is 5.75 Å². The Morgan fingerprint density at radius 2 is 1.95 bits per heavy atom. The van der Waals surface area contributed by atoms with E-state index < -0.39 is 10.5 Å². The predicted octanol–water partition coefficient (Wildman–Crippen LogP) is 3.32. The Balaban J connectivity index is 2.56. The van der Waals surface area contributed by atoms with Crippen LogP contribution in [0.5, 0.6) is 5.75 Å². The van der Waals surface area contributed by atoms with Crippen molar-refractivity contribution in [1.82, 2.24) is 0 Å². The number of nitro groups is 1. The Morgan fingerprint density at radius 3 is 2.65 bits per heavy atom. The summed E-state index contributed by atoms with van der Waals surface area (Å²) in [6.45, 7) is 0. The molecule has 0 unspecified atom stereocenters. The second-order valence-corrected chi connectivity index (χ2v) is 5.00. The number of rotatable bonds is 1. The smallest absolute Gasteiger partial charge is 0.344 e. The van der Waals surface area contributed by atoms with Gasteiger partial charge in [-0.3, -0.25) is 10.1 Å². The molecule has 3 aromatic rings. The highest BCUT2D eigenvalue weighted by molar-refractivity contribution is 9.10. The van der Waals surface area contributed by atoms with Gasteiger partial charge in [-0.25, -0.2) is 4.79 Å². The van der Waals surface area contributed by atoms with E-state index in [1.54, 1.807) is 12.1 Å². The fraction of sp³-hybridized carbons (Fsp3) is 0. The van der Waals surface area contributed by atoms with Crippen LogP contribution in [-0.2, 0) is 0 Å². The fourth-order valence-electron chi connectivity index (χ4n) is 2.08. The third-order valence-corrected chi connectivity index (χ3v) is 3.64. The lowest BCUT2D eigenvalue weighted by Crippen LogP contribution is -2.01. The number of aromatic hydroxyl groups is 1. The Morgan fingerprint density at radius 1 is 1.20 bits per heavy atom. The molecule has 0 spiro atoms. The molecular formula is C13H6BrNO5. The summed E-state index contributed by atoms with van der Waals surface area (Å²) in [6, 6.07) is 6.95. The maximum absolute atomic E-state index is 11.9. The third kappa shape index (κ3) is 1.75. The van der Waals surface area contributed by atoms with Crippen LogP contribution in [0.1, 0.15) is 0 Å². The van der Waals surface area contributed by atoms with Gasteiger partial charge in [0.15, 0.2) is 0 Å². The maximum Gasteiger partial charge on any atom is 0.344 e. The molecule has 1 aromatic heterocycles. The number of fused-ring (bicyclic) bond motifs is 3. The summed E-state index contributed by atoms with van der Waals surface area (Å²) in [5.74, 6) is -0.0786. The molecule has 0 aliphatic rings. The van der Waals surface area contributed by atoms with Crippen LogP contribution in [-0.4, -0.2) is 10.0 Å². The number of benzene rings is 2. The average Bonchev–Trinajstić information content (AvgIpc) is 2.42. The zero-order valence-electron chi connectivity index (χ0n) is 9.79. The second kappa shape index (κ2) is 4.31. The molecule has 0 aliphatic heterocycles. The number of phenols is 1. The van der Waals surface area contributed by atoms with Gasteiger partial charge in [-0.2, -0.15) is 0 Å².